The van der Waals surface area contributed by atoms with Crippen LogP contribution in [0.4, 0.5) is 10.8 Å². The molecule has 6 heteroatoms. The van der Waals surface area contributed by atoms with Crippen LogP contribution in [0.1, 0.15) is 49.9 Å². The number of amides is 1. The fraction of sp³-hybridized carbons (Fsp3) is 0.733. The van der Waals surface area contributed by atoms with Crippen molar-refractivity contribution in [2.24, 2.45) is 11.8 Å². The van der Waals surface area contributed by atoms with Crippen LogP contribution in [-0.4, -0.2) is 29.4 Å². The molecule has 1 saturated carbocycles. The number of rotatable bonds is 4. The molecule has 2 fully saturated rings. The van der Waals surface area contributed by atoms with Gasteiger partial charge in [-0.3, -0.25) is 4.79 Å². The molecule has 3 N–H and O–H groups in total. The molecule has 0 unspecified atom stereocenters. The maximum atomic E-state index is 12.4. The summed E-state index contributed by atoms with van der Waals surface area (Å²) >= 11 is 1.36. The number of nitrogens with two attached hydrogens (primary N) is 1. The lowest BCUT2D eigenvalue weighted by atomic mass is 9.87. The molecule has 1 aromatic heterocycles. The van der Waals surface area contributed by atoms with E-state index in [1.807, 2.05) is 0 Å². The van der Waals surface area contributed by atoms with Crippen molar-refractivity contribution in [2.45, 2.75) is 45.6 Å². The van der Waals surface area contributed by atoms with Gasteiger partial charge in [0.25, 0.3) is 5.91 Å². The van der Waals surface area contributed by atoms with Crippen molar-refractivity contribution >= 4 is 28.3 Å². The normalized spacial score (nSPS) is 20.0. The number of nitrogens with zero attached hydrogens (tertiary/aromatic N) is 2. The molecule has 1 aliphatic heterocycles. The zero-order valence-corrected chi connectivity index (χ0v) is 13.6. The first-order valence-electron chi connectivity index (χ1n) is 7.87. The first-order chi connectivity index (χ1) is 10.1. The Balaban J connectivity index is 1.72. The Labute approximate surface area is 130 Å². The second-order valence-corrected chi connectivity index (χ2v) is 7.32. The van der Waals surface area contributed by atoms with Gasteiger partial charge in [-0.2, -0.15) is 4.37 Å². The van der Waals surface area contributed by atoms with Crippen LogP contribution in [0, 0.1) is 11.8 Å². The number of hydrogen-bond acceptors (Lipinski definition) is 5. The Bertz CT molecular complexity index is 516. The minimum atomic E-state index is -0.0512. The molecule has 1 aromatic rings. The van der Waals surface area contributed by atoms with Crippen LogP contribution >= 0.6 is 11.5 Å². The molecule has 0 aromatic carbocycles. The predicted molar refractivity (Wildman–Crippen MR) is 86.8 cm³/mol. The highest BCUT2D eigenvalue weighted by atomic mass is 32.1. The summed E-state index contributed by atoms with van der Waals surface area (Å²) in [6.07, 6.45) is 4.52. The van der Waals surface area contributed by atoms with E-state index in [9.17, 15) is 4.79 Å². The van der Waals surface area contributed by atoms with Crippen LogP contribution in [0.5, 0.6) is 0 Å². The van der Waals surface area contributed by atoms with Crippen LogP contribution in [0.3, 0.4) is 0 Å². The van der Waals surface area contributed by atoms with Crippen molar-refractivity contribution in [3.63, 3.8) is 0 Å². The molecule has 5 nitrogen and oxygen atoms in total. The molecule has 0 bridgehead atoms. The van der Waals surface area contributed by atoms with Crippen molar-refractivity contribution in [3.8, 4) is 0 Å². The van der Waals surface area contributed by atoms with E-state index in [1.54, 1.807) is 0 Å². The molecule has 1 saturated heterocycles. The van der Waals surface area contributed by atoms with E-state index in [-0.39, 0.29) is 5.91 Å². The molecule has 0 radical (unpaired) electrons. The van der Waals surface area contributed by atoms with Crippen molar-refractivity contribution < 1.29 is 4.79 Å². The van der Waals surface area contributed by atoms with Gasteiger partial charge < -0.3 is 16.0 Å². The van der Waals surface area contributed by atoms with E-state index in [0.717, 1.165) is 42.8 Å². The summed E-state index contributed by atoms with van der Waals surface area (Å²) < 4.78 is 4.21. The molecule has 1 aliphatic carbocycles. The molecule has 1 amide bonds. The molecule has 3 rings (SSSR count). The Morgan fingerprint density at radius 1 is 1.33 bits per heavy atom. The zero-order valence-electron chi connectivity index (χ0n) is 12.8. The first-order valence-corrected chi connectivity index (χ1v) is 8.64. The molecule has 21 heavy (non-hydrogen) atoms. The average Bonchev–Trinajstić information content (AvgIpc) is 3.18. The minimum absolute atomic E-state index is 0.0512. The minimum Gasteiger partial charge on any atom is -0.382 e. The van der Waals surface area contributed by atoms with Crippen LogP contribution in [0.25, 0.3) is 0 Å². The second kappa shape index (κ2) is 5.83. The lowest BCUT2D eigenvalue weighted by Crippen LogP contribution is -2.36. The van der Waals surface area contributed by atoms with Gasteiger partial charge in [0.15, 0.2) is 5.82 Å². The summed E-state index contributed by atoms with van der Waals surface area (Å²) in [5.41, 5.74) is 6.52. The van der Waals surface area contributed by atoms with E-state index in [2.05, 4.69) is 28.4 Å². The van der Waals surface area contributed by atoms with Gasteiger partial charge in [-0.05, 0) is 49.1 Å². The van der Waals surface area contributed by atoms with Gasteiger partial charge in [0.1, 0.15) is 10.6 Å². The van der Waals surface area contributed by atoms with E-state index in [4.69, 9.17) is 5.73 Å². The van der Waals surface area contributed by atoms with E-state index in [0.29, 0.717) is 17.4 Å². The fourth-order valence-corrected chi connectivity index (χ4v) is 3.84. The molecule has 116 valence electrons. The number of aromatic nitrogens is 1. The van der Waals surface area contributed by atoms with Gasteiger partial charge in [-0.25, -0.2) is 0 Å². The monoisotopic (exact) mass is 308 g/mol. The Hall–Kier alpha value is -1.30. The third-order valence-corrected chi connectivity index (χ3v) is 5.53. The maximum absolute atomic E-state index is 12.4. The number of carbonyl (C=O) groups is 1. The van der Waals surface area contributed by atoms with Crippen LogP contribution < -0.4 is 16.0 Å². The fourth-order valence-electron chi connectivity index (χ4n) is 2.98. The van der Waals surface area contributed by atoms with Crippen LogP contribution in [0.15, 0.2) is 0 Å². The second-order valence-electron chi connectivity index (χ2n) is 6.56. The Morgan fingerprint density at radius 3 is 2.57 bits per heavy atom. The van der Waals surface area contributed by atoms with Gasteiger partial charge in [-0.1, -0.05) is 13.8 Å². The zero-order chi connectivity index (χ0) is 15.0. The molecule has 2 heterocycles. The lowest BCUT2D eigenvalue weighted by molar-refractivity contribution is 0.0952. The van der Waals surface area contributed by atoms with Gasteiger partial charge >= 0.3 is 0 Å². The first kappa shape index (κ1) is 14.6. The van der Waals surface area contributed by atoms with Crippen LogP contribution in [0.2, 0.25) is 0 Å². The highest BCUT2D eigenvalue weighted by Crippen LogP contribution is 2.35. The molecular weight excluding hydrogens is 284 g/mol. The summed E-state index contributed by atoms with van der Waals surface area (Å²) in [5.74, 6) is 1.84. The third kappa shape index (κ3) is 3.15. The Morgan fingerprint density at radius 2 is 2.00 bits per heavy atom. The van der Waals surface area contributed by atoms with Gasteiger partial charge in [0.2, 0.25) is 0 Å². The van der Waals surface area contributed by atoms with E-state index >= 15 is 0 Å². The van der Waals surface area contributed by atoms with E-state index < -0.39 is 0 Å². The number of hydrogen-bond donors (Lipinski definition) is 2. The van der Waals surface area contributed by atoms with Crippen molar-refractivity contribution in [1.29, 1.82) is 0 Å². The molecule has 2 aliphatic rings. The van der Waals surface area contributed by atoms with Gasteiger partial charge in [0.05, 0.1) is 0 Å². The maximum Gasteiger partial charge on any atom is 0.258 e. The van der Waals surface area contributed by atoms with Crippen molar-refractivity contribution in [3.05, 3.63) is 5.56 Å². The summed E-state index contributed by atoms with van der Waals surface area (Å²) in [6.45, 7) is 6.57. The lowest BCUT2D eigenvalue weighted by Gasteiger charge is -2.34. The largest absolute Gasteiger partial charge is 0.382 e. The molecular formula is C15H24N4OS. The summed E-state index contributed by atoms with van der Waals surface area (Å²) in [4.78, 5) is 14.6. The summed E-state index contributed by atoms with van der Waals surface area (Å²) in [5, 5.41) is 3.98. The SMILES string of the molecule is CC(C)C1CCN(c2snc(N)c2C(=O)NC2CC2)CC1. The number of nitrogens with one attached hydrogen (secondary N) is 1. The molecule has 0 atom stereocenters. The third-order valence-electron chi connectivity index (χ3n) is 4.61. The quantitative estimate of drug-likeness (QED) is 0.896. The van der Waals surface area contributed by atoms with Crippen LogP contribution in [-0.2, 0) is 0 Å². The number of anilines is 2. The molecule has 0 spiro atoms. The number of nitrogen functional groups attached to an aromatic ring is 1. The Kier molecular flexibility index (Phi) is 4.06. The topological polar surface area (TPSA) is 71.2 Å². The number of piperidine rings is 1. The highest BCUT2D eigenvalue weighted by molar-refractivity contribution is 7.11. The predicted octanol–water partition coefficient (Wildman–Crippen LogP) is 2.49. The van der Waals surface area contributed by atoms with E-state index in [1.165, 1.54) is 24.4 Å². The average molecular weight is 308 g/mol. The van der Waals surface area contributed by atoms with Crippen molar-refractivity contribution in [2.75, 3.05) is 23.7 Å². The van der Waals surface area contributed by atoms with Gasteiger partial charge in [0, 0.05) is 19.1 Å². The smallest absolute Gasteiger partial charge is 0.258 e. The summed E-state index contributed by atoms with van der Waals surface area (Å²) in [7, 11) is 0. The van der Waals surface area contributed by atoms with Gasteiger partial charge in [-0.15, -0.1) is 0 Å². The number of carbonyl (C=O) groups excluding carboxylic acids is 1. The standard InChI is InChI=1S/C15H24N4OS/c1-9(2)10-5-7-19(8-6-10)15-12(13(16)18-21-15)14(20)17-11-3-4-11/h9-11H,3-8H2,1-2H3,(H2,16,18)(H,17,20). The summed E-state index contributed by atoms with van der Waals surface area (Å²) in [6, 6.07) is 0.344. The van der Waals surface area contributed by atoms with Crippen molar-refractivity contribution in [1.82, 2.24) is 9.69 Å². The highest BCUT2D eigenvalue weighted by Gasteiger charge is 2.30.